The number of nitro groups is 1. The molecule has 1 aromatic rings. The van der Waals surface area contributed by atoms with Crippen LogP contribution in [0.25, 0.3) is 0 Å². The second kappa shape index (κ2) is 6.35. The Hall–Kier alpha value is -2.13. The van der Waals surface area contributed by atoms with Gasteiger partial charge < -0.3 is 10.0 Å². The van der Waals surface area contributed by atoms with Crippen LogP contribution < -0.4 is 4.90 Å². The Morgan fingerprint density at radius 2 is 2.15 bits per heavy atom. The summed E-state index contributed by atoms with van der Waals surface area (Å²) in [6.45, 7) is 0.283. The first-order valence-corrected chi connectivity index (χ1v) is 6.73. The summed E-state index contributed by atoms with van der Waals surface area (Å²) in [5.74, 6) is 0. The quantitative estimate of drug-likeness (QED) is 0.657. The SMILES string of the molecule is N#Cc1ccc([N+](=O)[O-])c(N(CCO)C2CCCC2)c1. The molecular weight excluding hydrogens is 258 g/mol. The summed E-state index contributed by atoms with van der Waals surface area (Å²) in [7, 11) is 0. The topological polar surface area (TPSA) is 90.4 Å². The van der Waals surface area contributed by atoms with E-state index in [4.69, 9.17) is 5.26 Å². The molecule has 1 aromatic carbocycles. The van der Waals surface area contributed by atoms with Gasteiger partial charge in [-0.05, 0) is 25.0 Å². The molecule has 106 valence electrons. The number of nitro benzene ring substituents is 1. The van der Waals surface area contributed by atoms with Gasteiger partial charge in [-0.2, -0.15) is 5.26 Å². The van der Waals surface area contributed by atoms with Crippen LogP contribution in [0, 0.1) is 21.4 Å². The molecule has 0 radical (unpaired) electrons. The molecule has 6 nitrogen and oxygen atoms in total. The number of nitriles is 1. The third-order valence-corrected chi connectivity index (χ3v) is 3.72. The summed E-state index contributed by atoms with van der Waals surface area (Å²) in [4.78, 5) is 12.6. The summed E-state index contributed by atoms with van der Waals surface area (Å²) in [6.07, 6.45) is 4.12. The van der Waals surface area contributed by atoms with E-state index in [0.717, 1.165) is 25.7 Å². The number of aliphatic hydroxyl groups is 1. The Bertz CT molecular complexity index is 533. The number of nitrogens with zero attached hydrogens (tertiary/aromatic N) is 3. The standard InChI is InChI=1S/C14H17N3O3/c15-10-11-5-6-13(17(19)20)14(9-11)16(7-8-18)12-3-1-2-4-12/h5-6,9,12,18H,1-4,7-8H2. The van der Waals surface area contributed by atoms with Gasteiger partial charge in [0.25, 0.3) is 5.69 Å². The van der Waals surface area contributed by atoms with E-state index in [1.165, 1.54) is 12.1 Å². The lowest BCUT2D eigenvalue weighted by Gasteiger charge is -2.30. The molecule has 0 amide bonds. The summed E-state index contributed by atoms with van der Waals surface area (Å²) in [5, 5.41) is 29.4. The Morgan fingerprint density at radius 1 is 1.45 bits per heavy atom. The highest BCUT2D eigenvalue weighted by Crippen LogP contribution is 2.34. The third kappa shape index (κ3) is 2.89. The molecule has 0 saturated heterocycles. The molecule has 1 aliphatic rings. The Morgan fingerprint density at radius 3 is 2.70 bits per heavy atom. The Labute approximate surface area is 117 Å². The molecule has 2 rings (SSSR count). The summed E-state index contributed by atoms with van der Waals surface area (Å²) >= 11 is 0. The highest BCUT2D eigenvalue weighted by molar-refractivity contribution is 5.66. The summed E-state index contributed by atoms with van der Waals surface area (Å²) < 4.78 is 0. The molecule has 0 atom stereocenters. The van der Waals surface area contributed by atoms with Crippen molar-refractivity contribution in [3.05, 3.63) is 33.9 Å². The Balaban J connectivity index is 2.44. The van der Waals surface area contributed by atoms with Gasteiger partial charge in [0.15, 0.2) is 0 Å². The number of aliphatic hydroxyl groups excluding tert-OH is 1. The van der Waals surface area contributed by atoms with Gasteiger partial charge in [-0.15, -0.1) is 0 Å². The fourth-order valence-corrected chi connectivity index (χ4v) is 2.80. The van der Waals surface area contributed by atoms with E-state index in [1.54, 1.807) is 6.07 Å². The van der Waals surface area contributed by atoms with E-state index < -0.39 is 4.92 Å². The van der Waals surface area contributed by atoms with E-state index >= 15 is 0 Å². The van der Waals surface area contributed by atoms with Crippen molar-refractivity contribution in [2.75, 3.05) is 18.1 Å². The molecule has 6 heteroatoms. The molecule has 0 unspecified atom stereocenters. The van der Waals surface area contributed by atoms with E-state index in [2.05, 4.69) is 0 Å². The van der Waals surface area contributed by atoms with Crippen molar-refractivity contribution in [3.8, 4) is 6.07 Å². The number of hydrogen-bond acceptors (Lipinski definition) is 5. The smallest absolute Gasteiger partial charge is 0.292 e. The maximum Gasteiger partial charge on any atom is 0.292 e. The van der Waals surface area contributed by atoms with E-state index in [-0.39, 0.29) is 18.3 Å². The van der Waals surface area contributed by atoms with Crippen LogP contribution in [0.1, 0.15) is 31.2 Å². The van der Waals surface area contributed by atoms with Crippen LogP contribution in [0.15, 0.2) is 18.2 Å². The average Bonchev–Trinajstić information content (AvgIpc) is 2.97. The van der Waals surface area contributed by atoms with Crippen LogP contribution in [0.2, 0.25) is 0 Å². The van der Waals surface area contributed by atoms with Crippen molar-refractivity contribution < 1.29 is 10.0 Å². The fraction of sp³-hybridized carbons (Fsp3) is 0.500. The van der Waals surface area contributed by atoms with Crippen LogP contribution >= 0.6 is 0 Å². The van der Waals surface area contributed by atoms with E-state index in [9.17, 15) is 15.2 Å². The van der Waals surface area contributed by atoms with Crippen LogP contribution in [0.3, 0.4) is 0 Å². The lowest BCUT2D eigenvalue weighted by molar-refractivity contribution is -0.384. The molecule has 1 fully saturated rings. The highest BCUT2D eigenvalue weighted by Gasteiger charge is 2.27. The molecule has 1 N–H and O–H groups in total. The van der Waals surface area contributed by atoms with Gasteiger partial charge in [0.2, 0.25) is 0 Å². The number of anilines is 1. The molecule has 1 saturated carbocycles. The minimum absolute atomic E-state index is 0.00986. The van der Waals surface area contributed by atoms with Crippen molar-refractivity contribution in [1.29, 1.82) is 5.26 Å². The summed E-state index contributed by atoms with van der Waals surface area (Å²) in [6, 6.07) is 6.58. The fourth-order valence-electron chi connectivity index (χ4n) is 2.80. The van der Waals surface area contributed by atoms with Crippen LogP contribution in [-0.2, 0) is 0 Å². The number of hydrogen-bond donors (Lipinski definition) is 1. The minimum atomic E-state index is -0.435. The second-order valence-corrected chi connectivity index (χ2v) is 4.93. The first-order valence-electron chi connectivity index (χ1n) is 6.73. The molecule has 20 heavy (non-hydrogen) atoms. The lowest BCUT2D eigenvalue weighted by Crippen LogP contribution is -2.36. The number of benzene rings is 1. The second-order valence-electron chi connectivity index (χ2n) is 4.93. The largest absolute Gasteiger partial charge is 0.395 e. The molecule has 0 aliphatic heterocycles. The van der Waals surface area contributed by atoms with Gasteiger partial charge >= 0.3 is 0 Å². The van der Waals surface area contributed by atoms with Crippen LogP contribution in [-0.4, -0.2) is 29.2 Å². The highest BCUT2D eigenvalue weighted by atomic mass is 16.6. The summed E-state index contributed by atoms with van der Waals surface area (Å²) in [5.41, 5.74) is 0.825. The van der Waals surface area contributed by atoms with Crippen molar-refractivity contribution in [2.24, 2.45) is 0 Å². The first kappa shape index (κ1) is 14.3. The zero-order valence-electron chi connectivity index (χ0n) is 11.2. The predicted octanol–water partition coefficient (Wildman–Crippen LogP) is 2.21. The van der Waals surface area contributed by atoms with Gasteiger partial charge in [-0.1, -0.05) is 12.8 Å². The van der Waals surface area contributed by atoms with Crippen LogP contribution in [0.5, 0.6) is 0 Å². The van der Waals surface area contributed by atoms with Crippen molar-refractivity contribution in [3.63, 3.8) is 0 Å². The molecule has 0 spiro atoms. The monoisotopic (exact) mass is 275 g/mol. The lowest BCUT2D eigenvalue weighted by atomic mass is 10.1. The molecule has 0 aromatic heterocycles. The zero-order chi connectivity index (χ0) is 14.5. The normalized spacial score (nSPS) is 15.0. The van der Waals surface area contributed by atoms with Gasteiger partial charge in [0.1, 0.15) is 5.69 Å². The van der Waals surface area contributed by atoms with Crippen molar-refractivity contribution >= 4 is 11.4 Å². The van der Waals surface area contributed by atoms with Crippen molar-refractivity contribution in [1.82, 2.24) is 0 Å². The molecule has 1 aliphatic carbocycles. The average molecular weight is 275 g/mol. The molecular formula is C14H17N3O3. The van der Waals surface area contributed by atoms with Gasteiger partial charge in [0, 0.05) is 18.7 Å². The first-order chi connectivity index (χ1) is 9.67. The molecule has 0 bridgehead atoms. The van der Waals surface area contributed by atoms with Gasteiger partial charge in [-0.3, -0.25) is 10.1 Å². The maximum absolute atomic E-state index is 11.2. The van der Waals surface area contributed by atoms with E-state index in [0.29, 0.717) is 17.8 Å². The van der Waals surface area contributed by atoms with Crippen molar-refractivity contribution in [2.45, 2.75) is 31.7 Å². The Kier molecular flexibility index (Phi) is 4.53. The number of rotatable bonds is 5. The maximum atomic E-state index is 11.2. The molecule has 0 heterocycles. The predicted molar refractivity (Wildman–Crippen MR) is 74.5 cm³/mol. The minimum Gasteiger partial charge on any atom is -0.395 e. The van der Waals surface area contributed by atoms with Gasteiger partial charge in [0.05, 0.1) is 23.2 Å². The zero-order valence-corrected chi connectivity index (χ0v) is 11.2. The third-order valence-electron chi connectivity index (χ3n) is 3.72. The van der Waals surface area contributed by atoms with Gasteiger partial charge in [-0.25, -0.2) is 0 Å². The van der Waals surface area contributed by atoms with Crippen LogP contribution in [0.4, 0.5) is 11.4 Å². The van der Waals surface area contributed by atoms with E-state index in [1.807, 2.05) is 11.0 Å².